The minimum atomic E-state index is -4.39. The summed E-state index contributed by atoms with van der Waals surface area (Å²) in [6, 6.07) is 5.43. The molecule has 0 aliphatic rings. The van der Waals surface area contributed by atoms with Crippen LogP contribution in [0.2, 0.25) is 0 Å². The molecule has 0 fully saturated rings. The maximum absolute atomic E-state index is 12.4. The zero-order chi connectivity index (χ0) is 13.2. The van der Waals surface area contributed by atoms with Gasteiger partial charge < -0.3 is 4.90 Å². The number of hydrogen-bond acceptors (Lipinski definition) is 4. The Labute approximate surface area is 106 Å². The van der Waals surface area contributed by atoms with E-state index in [4.69, 9.17) is 0 Å². The third-order valence-corrected chi connectivity index (χ3v) is 3.19. The van der Waals surface area contributed by atoms with Gasteiger partial charge in [-0.1, -0.05) is 6.07 Å². The zero-order valence-electron chi connectivity index (χ0n) is 9.48. The van der Waals surface area contributed by atoms with E-state index in [2.05, 4.69) is 9.97 Å². The predicted octanol–water partition coefficient (Wildman–Crippen LogP) is 3.19. The van der Waals surface area contributed by atoms with Crippen LogP contribution in [0.3, 0.4) is 0 Å². The second-order valence-electron chi connectivity index (χ2n) is 3.69. The van der Waals surface area contributed by atoms with Crippen molar-refractivity contribution < 1.29 is 13.2 Å². The third kappa shape index (κ3) is 2.98. The van der Waals surface area contributed by atoms with Gasteiger partial charge in [-0.15, -0.1) is 11.3 Å². The number of alkyl halides is 3. The van der Waals surface area contributed by atoms with Crippen LogP contribution in [0.5, 0.6) is 0 Å². The topological polar surface area (TPSA) is 29.0 Å². The van der Waals surface area contributed by atoms with E-state index in [1.54, 1.807) is 24.2 Å². The Hall–Kier alpha value is -1.63. The van der Waals surface area contributed by atoms with Crippen LogP contribution < -0.4 is 4.90 Å². The Morgan fingerprint density at radius 1 is 1.33 bits per heavy atom. The van der Waals surface area contributed by atoms with Gasteiger partial charge in [-0.2, -0.15) is 13.2 Å². The lowest BCUT2D eigenvalue weighted by molar-refractivity contribution is -0.140. The molecule has 0 saturated heterocycles. The fraction of sp³-hybridized carbons (Fsp3) is 0.273. The van der Waals surface area contributed by atoms with E-state index in [1.807, 2.05) is 12.1 Å². The molecule has 18 heavy (non-hydrogen) atoms. The smallest absolute Gasteiger partial charge is 0.345 e. The van der Waals surface area contributed by atoms with Crippen molar-refractivity contribution in [2.75, 3.05) is 11.9 Å². The molecule has 2 rings (SSSR count). The molecule has 2 aromatic heterocycles. The minimum Gasteiger partial charge on any atom is -0.345 e. The van der Waals surface area contributed by atoms with Crippen LogP contribution in [0, 0.1) is 0 Å². The Balaban J connectivity index is 2.10. The largest absolute Gasteiger partial charge is 0.434 e. The minimum absolute atomic E-state index is 0.327. The van der Waals surface area contributed by atoms with Gasteiger partial charge >= 0.3 is 6.18 Å². The molecule has 0 atom stereocenters. The van der Waals surface area contributed by atoms with Gasteiger partial charge in [0, 0.05) is 18.6 Å². The number of pyridine rings is 1. The first kappa shape index (κ1) is 12.8. The molecule has 7 heteroatoms. The van der Waals surface area contributed by atoms with Crippen molar-refractivity contribution in [1.82, 2.24) is 9.97 Å². The summed E-state index contributed by atoms with van der Waals surface area (Å²) < 4.78 is 37.2. The molecule has 0 bridgehead atoms. The van der Waals surface area contributed by atoms with E-state index in [1.165, 1.54) is 0 Å². The molecule has 0 aliphatic heterocycles. The van der Waals surface area contributed by atoms with E-state index in [9.17, 15) is 13.2 Å². The van der Waals surface area contributed by atoms with Crippen LogP contribution >= 0.6 is 11.3 Å². The highest BCUT2D eigenvalue weighted by atomic mass is 32.1. The first-order valence-electron chi connectivity index (χ1n) is 5.10. The first-order chi connectivity index (χ1) is 8.47. The molecule has 3 nitrogen and oxygen atoms in total. The molecule has 96 valence electrons. The molecule has 0 unspecified atom stereocenters. The summed E-state index contributed by atoms with van der Waals surface area (Å²) in [6.45, 7) is 0.422. The maximum atomic E-state index is 12.4. The Bertz CT molecular complexity index is 510. The van der Waals surface area contributed by atoms with E-state index in [0.29, 0.717) is 11.7 Å². The van der Waals surface area contributed by atoms with Gasteiger partial charge in [-0.05, 0) is 12.1 Å². The van der Waals surface area contributed by atoms with Crippen LogP contribution in [-0.4, -0.2) is 17.0 Å². The van der Waals surface area contributed by atoms with Gasteiger partial charge in [-0.25, -0.2) is 4.98 Å². The quantitative estimate of drug-likeness (QED) is 0.860. The van der Waals surface area contributed by atoms with Crippen molar-refractivity contribution in [1.29, 1.82) is 0 Å². The number of hydrogen-bond donors (Lipinski definition) is 0. The van der Waals surface area contributed by atoms with E-state index >= 15 is 0 Å². The number of rotatable bonds is 3. The molecule has 0 aliphatic carbocycles. The summed E-state index contributed by atoms with van der Waals surface area (Å²) >= 11 is 0.971. The van der Waals surface area contributed by atoms with Gasteiger partial charge in [0.05, 0.1) is 12.2 Å². The molecule has 0 aromatic carbocycles. The number of halogens is 3. The highest BCUT2D eigenvalue weighted by Gasteiger charge is 2.34. The third-order valence-electron chi connectivity index (χ3n) is 2.23. The average molecular weight is 273 g/mol. The Kier molecular flexibility index (Phi) is 3.51. The Morgan fingerprint density at radius 3 is 2.67 bits per heavy atom. The van der Waals surface area contributed by atoms with Gasteiger partial charge in [0.15, 0.2) is 10.8 Å². The SMILES string of the molecule is CN(Cc1ccccn1)c1nc(C(F)(F)F)cs1. The van der Waals surface area contributed by atoms with Gasteiger partial charge in [0.1, 0.15) is 0 Å². The normalized spacial score (nSPS) is 11.6. The first-order valence-corrected chi connectivity index (χ1v) is 5.98. The van der Waals surface area contributed by atoms with Crippen molar-refractivity contribution >= 4 is 16.5 Å². The van der Waals surface area contributed by atoms with Crippen LogP contribution in [0.1, 0.15) is 11.4 Å². The molecule has 0 spiro atoms. The number of nitrogens with zero attached hydrogens (tertiary/aromatic N) is 3. The summed E-state index contributed by atoms with van der Waals surface area (Å²) in [5.41, 5.74) is -0.0703. The molecule has 0 radical (unpaired) electrons. The second kappa shape index (κ2) is 4.93. The van der Waals surface area contributed by atoms with Gasteiger partial charge in [0.25, 0.3) is 0 Å². The number of aromatic nitrogens is 2. The van der Waals surface area contributed by atoms with E-state index in [0.717, 1.165) is 22.4 Å². The molecular formula is C11H10F3N3S. The lowest BCUT2D eigenvalue weighted by Crippen LogP contribution is -2.17. The van der Waals surface area contributed by atoms with Crippen molar-refractivity contribution in [2.24, 2.45) is 0 Å². The van der Waals surface area contributed by atoms with Crippen molar-refractivity contribution in [3.63, 3.8) is 0 Å². The van der Waals surface area contributed by atoms with Crippen LogP contribution in [0.4, 0.5) is 18.3 Å². The molecule has 0 N–H and O–H groups in total. The molecule has 0 saturated carbocycles. The summed E-state index contributed by atoms with van der Waals surface area (Å²) in [6.07, 6.45) is -2.74. The fourth-order valence-corrected chi connectivity index (χ4v) is 2.17. The molecule has 0 amide bonds. The van der Waals surface area contributed by atoms with Crippen LogP contribution in [-0.2, 0) is 12.7 Å². The monoisotopic (exact) mass is 273 g/mol. The summed E-state index contributed by atoms with van der Waals surface area (Å²) in [5.74, 6) is 0. The summed E-state index contributed by atoms with van der Waals surface area (Å²) in [5, 5.41) is 1.34. The van der Waals surface area contributed by atoms with Crippen LogP contribution in [0.25, 0.3) is 0 Å². The van der Waals surface area contributed by atoms with Crippen molar-refractivity contribution in [2.45, 2.75) is 12.7 Å². The number of thiazole rings is 1. The summed E-state index contributed by atoms with van der Waals surface area (Å²) in [4.78, 5) is 9.32. The van der Waals surface area contributed by atoms with Crippen molar-refractivity contribution in [3.8, 4) is 0 Å². The van der Waals surface area contributed by atoms with Crippen molar-refractivity contribution in [3.05, 3.63) is 41.2 Å². The summed E-state index contributed by atoms with van der Waals surface area (Å²) in [7, 11) is 1.69. The lowest BCUT2D eigenvalue weighted by atomic mass is 10.3. The standard InChI is InChI=1S/C11H10F3N3S/c1-17(6-8-4-2-3-5-15-8)10-16-9(7-18-10)11(12,13)14/h2-5,7H,6H2,1H3. The molecule has 2 heterocycles. The average Bonchev–Trinajstić information content (AvgIpc) is 2.79. The fourth-order valence-electron chi connectivity index (χ4n) is 1.37. The van der Waals surface area contributed by atoms with Gasteiger partial charge in [-0.3, -0.25) is 4.98 Å². The highest BCUT2D eigenvalue weighted by molar-refractivity contribution is 7.13. The van der Waals surface area contributed by atoms with Crippen LogP contribution in [0.15, 0.2) is 29.8 Å². The van der Waals surface area contributed by atoms with Gasteiger partial charge in [0.2, 0.25) is 0 Å². The molecule has 2 aromatic rings. The predicted molar refractivity (Wildman–Crippen MR) is 63.5 cm³/mol. The molecular weight excluding hydrogens is 263 g/mol. The second-order valence-corrected chi connectivity index (χ2v) is 4.53. The maximum Gasteiger partial charge on any atom is 0.434 e. The highest BCUT2D eigenvalue weighted by Crippen LogP contribution is 2.32. The van der Waals surface area contributed by atoms with E-state index < -0.39 is 11.9 Å². The lowest BCUT2D eigenvalue weighted by Gasteiger charge is -2.14. The number of anilines is 1. The zero-order valence-corrected chi connectivity index (χ0v) is 10.3. The Morgan fingerprint density at radius 2 is 2.11 bits per heavy atom. The van der Waals surface area contributed by atoms with E-state index in [-0.39, 0.29) is 0 Å².